The van der Waals surface area contributed by atoms with Crippen LogP contribution >= 0.6 is 0 Å². The van der Waals surface area contributed by atoms with Crippen LogP contribution in [0.3, 0.4) is 0 Å². The second-order valence-electron chi connectivity index (χ2n) is 5.91. The molecule has 2 heterocycles. The summed E-state index contributed by atoms with van der Waals surface area (Å²) in [5, 5.41) is 5.63. The number of aromatic nitrogens is 2. The molecule has 4 rings (SSSR count). The molecule has 1 aliphatic rings. The van der Waals surface area contributed by atoms with Gasteiger partial charge >= 0.3 is 0 Å². The highest BCUT2D eigenvalue weighted by molar-refractivity contribution is 5.80. The van der Waals surface area contributed by atoms with E-state index in [1.807, 2.05) is 35.1 Å². The molecule has 0 bridgehead atoms. The fourth-order valence-corrected chi connectivity index (χ4v) is 2.99. The number of fused-ring (bicyclic) bond motifs is 1. The molecule has 1 saturated heterocycles. The van der Waals surface area contributed by atoms with Crippen molar-refractivity contribution in [3.63, 3.8) is 0 Å². The molecule has 0 saturated carbocycles. The lowest BCUT2D eigenvalue weighted by Gasteiger charge is -2.23. The highest BCUT2D eigenvalue weighted by atomic mass is 16.5. The van der Waals surface area contributed by atoms with E-state index in [1.165, 1.54) is 6.42 Å². The second kappa shape index (κ2) is 6.42. The van der Waals surface area contributed by atoms with Crippen molar-refractivity contribution in [2.24, 2.45) is 0 Å². The Labute approximate surface area is 135 Å². The van der Waals surface area contributed by atoms with Gasteiger partial charge in [-0.2, -0.15) is 5.10 Å². The van der Waals surface area contributed by atoms with Gasteiger partial charge in [0.15, 0.2) is 6.23 Å². The van der Waals surface area contributed by atoms with Gasteiger partial charge in [-0.1, -0.05) is 30.3 Å². The van der Waals surface area contributed by atoms with E-state index in [9.17, 15) is 0 Å². The van der Waals surface area contributed by atoms with Crippen molar-refractivity contribution in [1.82, 2.24) is 9.78 Å². The quantitative estimate of drug-likeness (QED) is 0.720. The highest BCUT2D eigenvalue weighted by Gasteiger charge is 2.18. The Balaban J connectivity index is 1.56. The molecular weight excluding hydrogens is 288 g/mol. The minimum atomic E-state index is 0.0469. The van der Waals surface area contributed by atoms with Gasteiger partial charge in [-0.25, -0.2) is 4.68 Å². The molecule has 0 amide bonds. The van der Waals surface area contributed by atoms with E-state index in [-0.39, 0.29) is 6.23 Å². The van der Waals surface area contributed by atoms with Gasteiger partial charge in [0.2, 0.25) is 0 Å². The van der Waals surface area contributed by atoms with Crippen LogP contribution in [-0.2, 0) is 11.3 Å². The summed E-state index contributed by atoms with van der Waals surface area (Å²) in [6.45, 7) is 1.39. The van der Waals surface area contributed by atoms with Crippen molar-refractivity contribution in [2.45, 2.75) is 32.1 Å². The van der Waals surface area contributed by atoms with Gasteiger partial charge in [-0.15, -0.1) is 0 Å². The Bertz CT molecular complexity index is 776. The number of nitrogens with zero attached hydrogens (tertiary/aromatic N) is 2. The summed E-state index contributed by atoms with van der Waals surface area (Å²) in [6.07, 6.45) is 5.29. The molecule has 3 aromatic rings. The fraction of sp³-hybridized carbons (Fsp3) is 0.316. The van der Waals surface area contributed by atoms with Crippen molar-refractivity contribution in [3.05, 3.63) is 60.3 Å². The van der Waals surface area contributed by atoms with Crippen LogP contribution in [0.4, 0.5) is 0 Å². The summed E-state index contributed by atoms with van der Waals surface area (Å²) in [4.78, 5) is 0. The summed E-state index contributed by atoms with van der Waals surface area (Å²) >= 11 is 0. The standard InChI is InChI=1S/C19H20N2O2/c1-2-6-15(7-3-1)14-23-17-10-9-16-13-20-21(18(16)12-17)19-8-4-5-11-22-19/h1-3,6-7,9-10,12-13,19H,4-5,8,11,14H2. The minimum absolute atomic E-state index is 0.0469. The number of hydrogen-bond donors (Lipinski definition) is 0. The molecule has 0 radical (unpaired) electrons. The smallest absolute Gasteiger partial charge is 0.150 e. The Morgan fingerprint density at radius 1 is 1.13 bits per heavy atom. The van der Waals surface area contributed by atoms with Crippen LogP contribution in [0.1, 0.15) is 31.1 Å². The molecule has 118 valence electrons. The Kier molecular flexibility index (Phi) is 3.99. The molecule has 23 heavy (non-hydrogen) atoms. The van der Waals surface area contributed by atoms with Crippen molar-refractivity contribution >= 4 is 10.9 Å². The minimum Gasteiger partial charge on any atom is -0.489 e. The average molecular weight is 308 g/mol. The maximum atomic E-state index is 5.93. The van der Waals surface area contributed by atoms with E-state index in [1.54, 1.807) is 0 Å². The van der Waals surface area contributed by atoms with Crippen LogP contribution in [0.5, 0.6) is 5.75 Å². The van der Waals surface area contributed by atoms with E-state index in [2.05, 4.69) is 29.4 Å². The molecule has 1 atom stereocenters. The first-order valence-electron chi connectivity index (χ1n) is 8.16. The van der Waals surface area contributed by atoms with Gasteiger partial charge in [0.25, 0.3) is 0 Å². The largest absolute Gasteiger partial charge is 0.489 e. The summed E-state index contributed by atoms with van der Waals surface area (Å²) < 4.78 is 13.8. The monoisotopic (exact) mass is 308 g/mol. The van der Waals surface area contributed by atoms with Gasteiger partial charge < -0.3 is 9.47 Å². The van der Waals surface area contributed by atoms with Gasteiger partial charge in [0.05, 0.1) is 11.7 Å². The third kappa shape index (κ3) is 3.08. The SMILES string of the molecule is c1ccc(COc2ccc3cnn(C4CCCCO4)c3c2)cc1. The molecule has 2 aromatic carbocycles. The predicted octanol–water partition coefficient (Wildman–Crippen LogP) is 4.31. The third-order valence-corrected chi connectivity index (χ3v) is 4.25. The van der Waals surface area contributed by atoms with Gasteiger partial charge in [-0.05, 0) is 37.0 Å². The third-order valence-electron chi connectivity index (χ3n) is 4.25. The average Bonchev–Trinajstić information content (AvgIpc) is 3.05. The van der Waals surface area contributed by atoms with Crippen molar-refractivity contribution in [1.29, 1.82) is 0 Å². The Hall–Kier alpha value is -2.33. The number of benzene rings is 2. The Morgan fingerprint density at radius 2 is 2.04 bits per heavy atom. The molecule has 1 fully saturated rings. The van der Waals surface area contributed by atoms with Crippen molar-refractivity contribution in [2.75, 3.05) is 6.61 Å². The maximum Gasteiger partial charge on any atom is 0.150 e. The van der Waals surface area contributed by atoms with Crippen LogP contribution in [0.15, 0.2) is 54.7 Å². The van der Waals surface area contributed by atoms with E-state index in [0.29, 0.717) is 6.61 Å². The summed E-state index contributed by atoms with van der Waals surface area (Å²) in [7, 11) is 0. The molecule has 0 N–H and O–H groups in total. The van der Waals surface area contributed by atoms with Gasteiger partial charge in [0.1, 0.15) is 12.4 Å². The highest BCUT2D eigenvalue weighted by Crippen LogP contribution is 2.28. The molecule has 1 aliphatic heterocycles. The zero-order valence-corrected chi connectivity index (χ0v) is 13.0. The lowest BCUT2D eigenvalue weighted by atomic mass is 10.2. The van der Waals surface area contributed by atoms with Crippen LogP contribution < -0.4 is 4.74 Å². The first-order chi connectivity index (χ1) is 11.4. The molecule has 1 unspecified atom stereocenters. The number of hydrogen-bond acceptors (Lipinski definition) is 3. The maximum absolute atomic E-state index is 5.93. The first-order valence-corrected chi connectivity index (χ1v) is 8.16. The van der Waals surface area contributed by atoms with E-state index in [0.717, 1.165) is 41.7 Å². The molecule has 1 aromatic heterocycles. The van der Waals surface area contributed by atoms with E-state index in [4.69, 9.17) is 9.47 Å². The summed E-state index contributed by atoms with van der Waals surface area (Å²) in [5.74, 6) is 0.860. The summed E-state index contributed by atoms with van der Waals surface area (Å²) in [6, 6.07) is 16.3. The zero-order valence-electron chi connectivity index (χ0n) is 13.0. The normalized spacial score (nSPS) is 18.2. The molecule has 0 spiro atoms. The zero-order chi connectivity index (χ0) is 15.5. The predicted molar refractivity (Wildman–Crippen MR) is 89.3 cm³/mol. The van der Waals surface area contributed by atoms with Crippen LogP contribution in [0.2, 0.25) is 0 Å². The lowest BCUT2D eigenvalue weighted by Crippen LogP contribution is -2.18. The van der Waals surface area contributed by atoms with Crippen LogP contribution in [-0.4, -0.2) is 16.4 Å². The number of rotatable bonds is 4. The number of ether oxygens (including phenoxy) is 2. The lowest BCUT2D eigenvalue weighted by molar-refractivity contribution is -0.0366. The van der Waals surface area contributed by atoms with E-state index < -0.39 is 0 Å². The van der Waals surface area contributed by atoms with E-state index >= 15 is 0 Å². The van der Waals surface area contributed by atoms with Crippen molar-refractivity contribution < 1.29 is 9.47 Å². The fourth-order valence-electron chi connectivity index (χ4n) is 2.99. The molecule has 4 heteroatoms. The van der Waals surface area contributed by atoms with Crippen LogP contribution in [0.25, 0.3) is 10.9 Å². The molecule has 0 aliphatic carbocycles. The van der Waals surface area contributed by atoms with Gasteiger partial charge in [-0.3, -0.25) is 0 Å². The first kappa shape index (κ1) is 14.3. The molecule has 4 nitrogen and oxygen atoms in total. The van der Waals surface area contributed by atoms with Crippen LogP contribution in [0, 0.1) is 0 Å². The van der Waals surface area contributed by atoms with Gasteiger partial charge in [0, 0.05) is 18.1 Å². The Morgan fingerprint density at radius 3 is 2.87 bits per heavy atom. The van der Waals surface area contributed by atoms with Crippen molar-refractivity contribution in [3.8, 4) is 5.75 Å². The second-order valence-corrected chi connectivity index (χ2v) is 5.91. The molecular formula is C19H20N2O2. The summed E-state index contributed by atoms with van der Waals surface area (Å²) in [5.41, 5.74) is 2.24. The topological polar surface area (TPSA) is 36.3 Å².